The van der Waals surface area contributed by atoms with E-state index in [9.17, 15) is 9.18 Å². The molecule has 30 heavy (non-hydrogen) atoms. The number of benzene rings is 2. The fraction of sp³-hybridized carbons (Fsp3) is 0.318. The summed E-state index contributed by atoms with van der Waals surface area (Å²) in [4.78, 5) is 14.3. The van der Waals surface area contributed by atoms with E-state index in [1.807, 2.05) is 23.9 Å². The van der Waals surface area contributed by atoms with Gasteiger partial charge < -0.3 is 4.42 Å². The first kappa shape index (κ1) is 22.4. The summed E-state index contributed by atoms with van der Waals surface area (Å²) in [7, 11) is 0. The predicted molar refractivity (Wildman–Crippen MR) is 120 cm³/mol. The maximum Gasteiger partial charge on any atom is 0.322 e. The summed E-state index contributed by atoms with van der Waals surface area (Å²) in [6, 6.07) is 14.7. The fourth-order valence-corrected chi connectivity index (χ4v) is 4.33. The van der Waals surface area contributed by atoms with Crippen molar-refractivity contribution in [2.24, 2.45) is 0 Å². The Balaban J connectivity index is 1.40. The molecule has 0 unspecified atom stereocenters. The van der Waals surface area contributed by atoms with Crippen molar-refractivity contribution in [2.75, 3.05) is 11.1 Å². The van der Waals surface area contributed by atoms with Crippen LogP contribution in [0.2, 0.25) is 0 Å². The summed E-state index contributed by atoms with van der Waals surface area (Å²) < 4.78 is 18.4. The lowest BCUT2D eigenvalue weighted by molar-refractivity contribution is -0.116. The molecule has 158 valence electrons. The van der Waals surface area contributed by atoms with Crippen molar-refractivity contribution in [3.05, 3.63) is 65.8 Å². The number of carbonyl (C=O) groups is 1. The molecule has 1 N–H and O–H groups in total. The number of anilines is 1. The molecule has 1 heterocycles. The molecule has 0 saturated carbocycles. The highest BCUT2D eigenvalue weighted by Gasteiger charge is 2.11. The smallest absolute Gasteiger partial charge is 0.322 e. The van der Waals surface area contributed by atoms with Gasteiger partial charge in [0.25, 0.3) is 0 Å². The molecule has 1 aromatic heterocycles. The van der Waals surface area contributed by atoms with Gasteiger partial charge in [-0.2, -0.15) is 0 Å². The van der Waals surface area contributed by atoms with Gasteiger partial charge in [0.15, 0.2) is 0 Å². The Kier molecular flexibility index (Phi) is 8.33. The number of hydrogen-bond donors (Lipinski definition) is 1. The van der Waals surface area contributed by atoms with E-state index >= 15 is 0 Å². The molecule has 0 atom stereocenters. The van der Waals surface area contributed by atoms with E-state index in [0.29, 0.717) is 30.4 Å². The van der Waals surface area contributed by atoms with Crippen LogP contribution in [0.5, 0.6) is 0 Å². The molecule has 5 nitrogen and oxygen atoms in total. The first-order chi connectivity index (χ1) is 14.5. The zero-order chi connectivity index (χ0) is 21.3. The number of halogens is 1. The number of nitrogens with one attached hydrogen (secondary N) is 1. The Labute approximate surface area is 184 Å². The van der Waals surface area contributed by atoms with Crippen LogP contribution in [-0.2, 0) is 11.2 Å². The van der Waals surface area contributed by atoms with Crippen molar-refractivity contribution in [1.29, 1.82) is 0 Å². The average molecular weight is 446 g/mol. The number of rotatable bonds is 10. The fourth-order valence-electron chi connectivity index (χ4n) is 2.64. The molecule has 2 aromatic carbocycles. The minimum Gasteiger partial charge on any atom is -0.407 e. The van der Waals surface area contributed by atoms with Gasteiger partial charge in [-0.15, -0.1) is 28.6 Å². The van der Waals surface area contributed by atoms with E-state index in [1.165, 1.54) is 17.0 Å². The molecule has 0 aliphatic heterocycles. The maximum absolute atomic E-state index is 12.9. The SMILES string of the molecule is CC(C)Sc1ccc(Cc2nnc(NC(=O)CCCSc3ccc(F)cc3)o2)cc1. The topological polar surface area (TPSA) is 68.0 Å². The van der Waals surface area contributed by atoms with Crippen LogP contribution in [0.3, 0.4) is 0 Å². The van der Waals surface area contributed by atoms with Crippen LogP contribution in [0, 0.1) is 5.82 Å². The minimum absolute atomic E-state index is 0.119. The number of amides is 1. The van der Waals surface area contributed by atoms with Gasteiger partial charge in [-0.3, -0.25) is 10.1 Å². The Bertz CT molecular complexity index is 944. The number of thioether (sulfide) groups is 2. The Hall–Kier alpha value is -2.32. The van der Waals surface area contributed by atoms with Crippen molar-refractivity contribution in [3.63, 3.8) is 0 Å². The van der Waals surface area contributed by atoms with E-state index in [-0.39, 0.29) is 17.7 Å². The summed E-state index contributed by atoms with van der Waals surface area (Å²) >= 11 is 3.40. The zero-order valence-corrected chi connectivity index (χ0v) is 18.6. The van der Waals surface area contributed by atoms with Gasteiger partial charge in [0.1, 0.15) is 5.82 Å². The predicted octanol–water partition coefficient (Wildman–Crippen LogP) is 5.81. The van der Waals surface area contributed by atoms with Crippen LogP contribution in [0.1, 0.15) is 38.1 Å². The highest BCUT2D eigenvalue weighted by molar-refractivity contribution is 8.00. The van der Waals surface area contributed by atoms with Gasteiger partial charge in [-0.25, -0.2) is 4.39 Å². The van der Waals surface area contributed by atoms with Crippen molar-refractivity contribution < 1.29 is 13.6 Å². The molecule has 0 aliphatic rings. The molecule has 1 amide bonds. The van der Waals surface area contributed by atoms with Crippen LogP contribution in [0.15, 0.2) is 62.7 Å². The van der Waals surface area contributed by atoms with Gasteiger partial charge in [0, 0.05) is 21.5 Å². The number of nitrogens with zero attached hydrogens (tertiary/aromatic N) is 2. The molecule has 0 radical (unpaired) electrons. The lowest BCUT2D eigenvalue weighted by Gasteiger charge is -2.05. The minimum atomic E-state index is -0.250. The maximum atomic E-state index is 12.9. The zero-order valence-electron chi connectivity index (χ0n) is 16.9. The van der Waals surface area contributed by atoms with E-state index in [0.717, 1.165) is 16.2 Å². The first-order valence-corrected chi connectivity index (χ1v) is 11.6. The molecule has 3 aromatic rings. The average Bonchev–Trinajstić information content (AvgIpc) is 3.14. The Morgan fingerprint density at radius 3 is 2.47 bits per heavy atom. The van der Waals surface area contributed by atoms with Crippen LogP contribution >= 0.6 is 23.5 Å². The summed E-state index contributed by atoms with van der Waals surface area (Å²) in [5.41, 5.74) is 1.07. The standard InChI is InChI=1S/C22H24FN3O2S2/c1-15(2)30-19-9-5-16(6-10-19)14-21-25-26-22(28-21)24-20(27)4-3-13-29-18-11-7-17(23)8-12-18/h5-12,15H,3-4,13-14H2,1-2H3,(H,24,26,27). The largest absolute Gasteiger partial charge is 0.407 e. The third-order valence-corrected chi connectivity index (χ3v) is 6.11. The summed E-state index contributed by atoms with van der Waals surface area (Å²) in [5.74, 6) is 0.806. The quantitative estimate of drug-likeness (QED) is 0.314. The molecule has 0 fully saturated rings. The summed E-state index contributed by atoms with van der Waals surface area (Å²) in [5, 5.41) is 11.1. The molecule has 8 heteroatoms. The number of aromatic nitrogens is 2. The van der Waals surface area contributed by atoms with E-state index in [1.54, 1.807) is 23.9 Å². The molecule has 0 spiro atoms. The highest BCUT2D eigenvalue weighted by Crippen LogP contribution is 2.24. The molecular weight excluding hydrogens is 421 g/mol. The first-order valence-electron chi connectivity index (χ1n) is 9.74. The molecule has 0 bridgehead atoms. The van der Waals surface area contributed by atoms with Crippen molar-refractivity contribution >= 4 is 35.4 Å². The van der Waals surface area contributed by atoms with Crippen LogP contribution < -0.4 is 5.32 Å². The van der Waals surface area contributed by atoms with Gasteiger partial charge in [-0.05, 0) is 54.1 Å². The van der Waals surface area contributed by atoms with Crippen molar-refractivity contribution in [3.8, 4) is 0 Å². The number of carbonyl (C=O) groups excluding carboxylic acids is 1. The second-order valence-electron chi connectivity index (χ2n) is 6.94. The summed E-state index contributed by atoms with van der Waals surface area (Å²) in [6.45, 7) is 4.33. The van der Waals surface area contributed by atoms with Crippen LogP contribution in [-0.4, -0.2) is 27.1 Å². The van der Waals surface area contributed by atoms with E-state index in [2.05, 4.69) is 41.5 Å². The van der Waals surface area contributed by atoms with Gasteiger partial charge in [0.2, 0.25) is 11.8 Å². The van der Waals surface area contributed by atoms with Gasteiger partial charge >= 0.3 is 6.01 Å². The van der Waals surface area contributed by atoms with Crippen molar-refractivity contribution in [1.82, 2.24) is 10.2 Å². The highest BCUT2D eigenvalue weighted by atomic mass is 32.2. The third-order valence-electron chi connectivity index (χ3n) is 3.99. The molecule has 3 rings (SSSR count). The second kappa shape index (κ2) is 11.2. The van der Waals surface area contributed by atoms with Gasteiger partial charge in [-0.1, -0.05) is 31.1 Å². The Morgan fingerprint density at radius 1 is 1.07 bits per heavy atom. The van der Waals surface area contributed by atoms with E-state index in [4.69, 9.17) is 4.42 Å². The summed E-state index contributed by atoms with van der Waals surface area (Å²) in [6.07, 6.45) is 1.56. The molecular formula is C22H24FN3O2S2. The van der Waals surface area contributed by atoms with E-state index < -0.39 is 0 Å². The lowest BCUT2D eigenvalue weighted by atomic mass is 10.1. The van der Waals surface area contributed by atoms with Crippen molar-refractivity contribution in [2.45, 2.75) is 48.2 Å². The normalized spacial score (nSPS) is 11.1. The van der Waals surface area contributed by atoms with Gasteiger partial charge in [0.05, 0.1) is 6.42 Å². The monoisotopic (exact) mass is 445 g/mol. The van der Waals surface area contributed by atoms with Crippen LogP contribution in [0.25, 0.3) is 0 Å². The third kappa shape index (κ3) is 7.50. The van der Waals surface area contributed by atoms with Crippen LogP contribution in [0.4, 0.5) is 10.4 Å². The lowest BCUT2D eigenvalue weighted by Crippen LogP contribution is -2.11. The number of hydrogen-bond acceptors (Lipinski definition) is 6. The Morgan fingerprint density at radius 2 is 1.77 bits per heavy atom. The molecule has 0 aliphatic carbocycles. The second-order valence-corrected chi connectivity index (χ2v) is 9.76. The molecule has 0 saturated heterocycles.